The molecule has 2 saturated heterocycles. The zero-order valence-corrected chi connectivity index (χ0v) is 24.0. The van der Waals surface area contributed by atoms with Gasteiger partial charge in [0.2, 0.25) is 0 Å². The van der Waals surface area contributed by atoms with Crippen LogP contribution in [0.15, 0.2) is 12.7 Å². The van der Waals surface area contributed by atoms with Gasteiger partial charge in [-0.2, -0.15) is 12.9 Å². The summed E-state index contributed by atoms with van der Waals surface area (Å²) in [6, 6.07) is 0. The molecule has 4 unspecified atom stereocenters. The number of phosphoric acid groups is 4. The van der Waals surface area contributed by atoms with Gasteiger partial charge >= 0.3 is 31.3 Å². The normalized spacial score (nSPS) is 30.9. The number of aliphatic hydroxyl groups excluding tert-OH is 2. The van der Waals surface area contributed by atoms with Crippen LogP contribution in [-0.2, 0) is 49.7 Å². The maximum absolute atomic E-state index is 12.2. The Labute approximate surface area is 229 Å². The quantitative estimate of drug-likeness (QED) is 0.134. The molecule has 0 radical (unpaired) electrons. The zero-order valence-electron chi connectivity index (χ0n) is 20.4. The van der Waals surface area contributed by atoms with Crippen molar-refractivity contribution in [3.8, 4) is 0 Å². The first-order valence-corrected chi connectivity index (χ1v) is 17.2. The Bertz CT molecular complexity index is 1440. The highest BCUT2D eigenvalue weighted by Crippen LogP contribution is 2.71. The molecule has 22 nitrogen and oxygen atoms in total. The van der Waals surface area contributed by atoms with Crippen LogP contribution in [0.25, 0.3) is 11.2 Å². The number of ether oxygens (including phenoxy) is 2. The number of aliphatic hydroxyl groups is 2. The van der Waals surface area contributed by atoms with E-state index in [1.165, 1.54) is 12.7 Å². The van der Waals surface area contributed by atoms with Crippen molar-refractivity contribution in [3.05, 3.63) is 12.7 Å². The third-order valence-corrected chi connectivity index (χ3v) is 11.4. The van der Waals surface area contributed by atoms with Crippen LogP contribution in [0, 0.1) is 0 Å². The topological polar surface area (TPSA) is 324 Å². The highest BCUT2D eigenvalue weighted by Gasteiger charge is 2.47. The number of nitrogens with zero attached hydrogens (tertiary/aromatic N) is 4. The Morgan fingerprint density at radius 2 is 1.51 bits per heavy atom. The first-order chi connectivity index (χ1) is 19.0. The molecule has 232 valence electrons. The second-order valence-electron chi connectivity index (χ2n) is 8.51. The maximum atomic E-state index is 12.2. The van der Waals surface area contributed by atoms with Crippen LogP contribution >= 0.6 is 31.3 Å². The fraction of sp³-hybridized carbons (Fsp3) is 0.667. The van der Waals surface area contributed by atoms with E-state index in [0.29, 0.717) is 17.6 Å². The van der Waals surface area contributed by atoms with Crippen molar-refractivity contribution in [1.29, 1.82) is 0 Å². The Balaban J connectivity index is 1.26. The minimum Gasteiger partial charge on any atom is -0.388 e. The second kappa shape index (κ2) is 12.4. The van der Waals surface area contributed by atoms with Crippen LogP contribution in [0.5, 0.6) is 0 Å². The van der Waals surface area contributed by atoms with E-state index in [-0.39, 0.29) is 18.8 Å². The standard InChI is InChI=1S/C15H25N5O17P4/c16-14-12-15(18-6-17-14)20(7-19-12)11-2-1-8(34-11)3-32-38(23,24)35-40(27,28)37-41(29,30)36-39(25,26)33-5-10-13(22)9(21)4-31-10/h6-11,13,21-22H,1-5H2,(H,23,24)(H,25,26)(H,27,28)(H,29,30)(H2,16,17,18)/t8-,9-,10+,11+,13-/m0/s1. The van der Waals surface area contributed by atoms with Crippen LogP contribution in [0.1, 0.15) is 19.1 Å². The molecule has 4 rings (SSSR count). The number of aromatic nitrogens is 4. The molecule has 9 atom stereocenters. The second-order valence-corrected chi connectivity index (χ2v) is 14.7. The summed E-state index contributed by atoms with van der Waals surface area (Å²) >= 11 is 0. The van der Waals surface area contributed by atoms with Gasteiger partial charge in [-0.3, -0.25) is 13.6 Å². The predicted molar refractivity (Wildman–Crippen MR) is 129 cm³/mol. The summed E-state index contributed by atoms with van der Waals surface area (Å²) in [5.74, 6) is 0.145. The van der Waals surface area contributed by atoms with Gasteiger partial charge in [-0.15, -0.1) is 0 Å². The van der Waals surface area contributed by atoms with Gasteiger partial charge in [-0.1, -0.05) is 0 Å². The van der Waals surface area contributed by atoms with E-state index in [0.717, 1.165) is 0 Å². The van der Waals surface area contributed by atoms with Crippen molar-refractivity contribution < 1.29 is 79.5 Å². The summed E-state index contributed by atoms with van der Waals surface area (Å²) in [6.45, 7) is -1.89. The van der Waals surface area contributed by atoms with Crippen LogP contribution < -0.4 is 5.73 Å². The average Bonchev–Trinajstić information content (AvgIpc) is 3.54. The number of fused-ring (bicyclic) bond motifs is 1. The van der Waals surface area contributed by atoms with Gasteiger partial charge in [0.05, 0.1) is 32.3 Å². The molecule has 2 aromatic heterocycles. The Morgan fingerprint density at radius 3 is 2.12 bits per heavy atom. The molecule has 26 heteroatoms. The third kappa shape index (κ3) is 8.66. The zero-order chi connectivity index (χ0) is 30.2. The summed E-state index contributed by atoms with van der Waals surface area (Å²) < 4.78 is 80.8. The summed E-state index contributed by atoms with van der Waals surface area (Å²) in [5.41, 5.74) is 6.45. The fourth-order valence-electron chi connectivity index (χ4n) is 3.72. The van der Waals surface area contributed by atoms with E-state index < -0.39 is 75.1 Å². The van der Waals surface area contributed by atoms with Crippen molar-refractivity contribution >= 4 is 48.3 Å². The van der Waals surface area contributed by atoms with Gasteiger partial charge in [0.15, 0.2) is 11.5 Å². The van der Waals surface area contributed by atoms with E-state index in [4.69, 9.17) is 15.2 Å². The first kappa shape index (κ1) is 32.7. The minimum absolute atomic E-state index is 0.145. The molecule has 0 saturated carbocycles. The number of nitrogens with two attached hydrogens (primary N) is 1. The molecular weight excluding hydrogens is 646 g/mol. The molecule has 2 aliphatic heterocycles. The van der Waals surface area contributed by atoms with Gasteiger partial charge in [-0.25, -0.2) is 33.2 Å². The summed E-state index contributed by atoms with van der Waals surface area (Å²) in [7, 11) is -22.9. The maximum Gasteiger partial charge on any atom is 0.490 e. The van der Waals surface area contributed by atoms with Crippen molar-refractivity contribution in [3.63, 3.8) is 0 Å². The van der Waals surface area contributed by atoms with Crippen molar-refractivity contribution in [1.82, 2.24) is 19.5 Å². The molecule has 0 amide bonds. The van der Waals surface area contributed by atoms with E-state index in [1.54, 1.807) is 4.57 Å². The molecule has 8 N–H and O–H groups in total. The Hall–Kier alpha value is -1.25. The third-order valence-electron chi connectivity index (χ3n) is 5.48. The average molecular weight is 671 g/mol. The molecule has 0 aliphatic carbocycles. The monoisotopic (exact) mass is 671 g/mol. The Morgan fingerprint density at radius 1 is 0.902 bits per heavy atom. The molecular formula is C15H25N5O17P4. The smallest absolute Gasteiger partial charge is 0.388 e. The summed E-state index contributed by atoms with van der Waals surface area (Å²) in [6.07, 6.45) is -2.31. The molecule has 2 aliphatic rings. The van der Waals surface area contributed by atoms with Crippen molar-refractivity contribution in [2.45, 2.75) is 43.5 Å². The van der Waals surface area contributed by atoms with Crippen LogP contribution in [0.3, 0.4) is 0 Å². The highest BCUT2D eigenvalue weighted by atomic mass is 31.3. The number of imidazole rings is 1. The number of nitrogen functional groups attached to an aromatic ring is 1. The molecule has 41 heavy (non-hydrogen) atoms. The van der Waals surface area contributed by atoms with E-state index in [1.807, 2.05) is 0 Å². The molecule has 0 spiro atoms. The van der Waals surface area contributed by atoms with E-state index in [9.17, 15) is 48.0 Å². The fourth-order valence-corrected chi connectivity index (χ4v) is 8.69. The lowest BCUT2D eigenvalue weighted by Gasteiger charge is -2.21. The van der Waals surface area contributed by atoms with Gasteiger partial charge in [0.25, 0.3) is 0 Å². The number of anilines is 1. The van der Waals surface area contributed by atoms with Gasteiger partial charge in [0, 0.05) is 0 Å². The van der Waals surface area contributed by atoms with Gasteiger partial charge < -0.3 is 45.0 Å². The number of hydrogen-bond acceptors (Lipinski definition) is 17. The lowest BCUT2D eigenvalue weighted by molar-refractivity contribution is -0.0205. The van der Waals surface area contributed by atoms with Gasteiger partial charge in [0.1, 0.15) is 36.4 Å². The SMILES string of the molecule is Nc1ncnc2c1ncn2[C@H]1CC[C@@H](COP(=O)(O)OP(=O)(O)OP(=O)(O)OP(=O)(O)OC[C@H]2OC[C@H](O)[C@@H]2O)O1. The Kier molecular flexibility index (Phi) is 9.87. The largest absolute Gasteiger partial charge is 0.490 e. The van der Waals surface area contributed by atoms with Gasteiger partial charge in [-0.05, 0) is 12.8 Å². The molecule has 0 aromatic carbocycles. The molecule has 0 bridgehead atoms. The molecule has 2 fully saturated rings. The van der Waals surface area contributed by atoms with Crippen LogP contribution in [0.4, 0.5) is 5.82 Å². The van der Waals surface area contributed by atoms with E-state index in [2.05, 4.69) is 36.9 Å². The summed E-state index contributed by atoms with van der Waals surface area (Å²) in [5, 5.41) is 19.0. The van der Waals surface area contributed by atoms with Crippen molar-refractivity contribution in [2.24, 2.45) is 0 Å². The van der Waals surface area contributed by atoms with E-state index >= 15 is 0 Å². The lowest BCUT2D eigenvalue weighted by atomic mass is 10.2. The van der Waals surface area contributed by atoms with Crippen molar-refractivity contribution in [2.75, 3.05) is 25.6 Å². The van der Waals surface area contributed by atoms with Crippen LogP contribution in [0.2, 0.25) is 0 Å². The predicted octanol–water partition coefficient (Wildman–Crippen LogP) is -0.309. The molecule has 2 aromatic rings. The number of rotatable bonds is 13. The lowest BCUT2D eigenvalue weighted by Crippen LogP contribution is -2.32. The highest BCUT2D eigenvalue weighted by molar-refractivity contribution is 7.69. The number of phosphoric ester groups is 2. The summed E-state index contributed by atoms with van der Waals surface area (Å²) in [4.78, 5) is 50.7. The minimum atomic E-state index is -5.98. The molecule has 4 heterocycles. The first-order valence-electron chi connectivity index (χ1n) is 11.3. The van der Waals surface area contributed by atoms with Crippen LogP contribution in [-0.4, -0.2) is 93.5 Å². The number of hydrogen-bond donors (Lipinski definition) is 7.